The fraction of sp³-hybridized carbons (Fsp3) is 0.143. The molecule has 0 radical (unpaired) electrons. The third-order valence-corrected chi connectivity index (χ3v) is 3.49. The van der Waals surface area contributed by atoms with E-state index in [1.54, 1.807) is 19.2 Å². The van der Waals surface area contributed by atoms with Crippen LogP contribution in [0.5, 0.6) is 0 Å². The summed E-state index contributed by atoms with van der Waals surface area (Å²) in [5.41, 5.74) is 2.02. The van der Waals surface area contributed by atoms with E-state index < -0.39 is 8.03 Å². The van der Waals surface area contributed by atoms with E-state index in [4.69, 9.17) is 9.63 Å². The van der Waals surface area contributed by atoms with Crippen LogP contribution in [0.25, 0.3) is 0 Å². The molecule has 0 spiro atoms. The van der Waals surface area contributed by atoms with E-state index in [1.165, 1.54) is 0 Å². The maximum atomic E-state index is 10.9. The van der Waals surface area contributed by atoms with Crippen LogP contribution < -0.4 is 5.30 Å². The maximum Gasteiger partial charge on any atom is 0.546 e. The Bertz CT molecular complexity index is 522. The van der Waals surface area contributed by atoms with Gasteiger partial charge in [0.05, 0.1) is 0 Å². The summed E-state index contributed by atoms with van der Waals surface area (Å²) in [5.74, 6) is 0. The molecule has 0 fully saturated rings. The second-order valence-corrected chi connectivity index (χ2v) is 4.95. The molecular weight excluding hydrogens is 247 g/mol. The molecule has 0 saturated heterocycles. The van der Waals surface area contributed by atoms with Crippen molar-refractivity contribution in [3.8, 4) is 0 Å². The molecular formula is C14H14O3P+. The van der Waals surface area contributed by atoms with E-state index in [-0.39, 0.29) is 6.10 Å². The summed E-state index contributed by atoms with van der Waals surface area (Å²) in [6.45, 7) is 0. The van der Waals surface area contributed by atoms with Crippen LogP contribution in [0.2, 0.25) is 0 Å². The Morgan fingerprint density at radius 3 is 2.06 bits per heavy atom. The van der Waals surface area contributed by atoms with E-state index >= 15 is 0 Å². The molecule has 2 aromatic rings. The van der Waals surface area contributed by atoms with E-state index in [0.29, 0.717) is 5.30 Å². The molecule has 2 rings (SSSR count). The van der Waals surface area contributed by atoms with Crippen molar-refractivity contribution < 1.29 is 14.2 Å². The van der Waals surface area contributed by atoms with Crippen molar-refractivity contribution in [3.63, 3.8) is 0 Å². The number of hydrogen-bond donors (Lipinski definition) is 1. The van der Waals surface area contributed by atoms with Crippen molar-refractivity contribution in [1.29, 1.82) is 0 Å². The SMILES string of the molecule is COC(c1ccccc1)c1ccc([P+](=O)O)cc1. The van der Waals surface area contributed by atoms with Gasteiger partial charge in [-0.3, -0.25) is 0 Å². The van der Waals surface area contributed by atoms with Crippen molar-refractivity contribution in [3.05, 3.63) is 65.7 Å². The van der Waals surface area contributed by atoms with E-state index in [2.05, 4.69) is 0 Å². The quantitative estimate of drug-likeness (QED) is 0.861. The van der Waals surface area contributed by atoms with Crippen molar-refractivity contribution in [2.24, 2.45) is 0 Å². The van der Waals surface area contributed by atoms with Gasteiger partial charge in [0.15, 0.2) is 0 Å². The summed E-state index contributed by atoms with van der Waals surface area (Å²) in [5, 5.41) is 0.427. The third kappa shape index (κ3) is 2.82. The number of methoxy groups -OCH3 is 1. The maximum absolute atomic E-state index is 10.9. The zero-order valence-electron chi connectivity index (χ0n) is 9.98. The largest absolute Gasteiger partial charge is 0.546 e. The lowest BCUT2D eigenvalue weighted by Crippen LogP contribution is -2.05. The van der Waals surface area contributed by atoms with Gasteiger partial charge in [0.25, 0.3) is 0 Å². The first-order valence-electron chi connectivity index (χ1n) is 5.56. The second-order valence-electron chi connectivity index (χ2n) is 3.89. The fourth-order valence-electron chi connectivity index (χ4n) is 1.87. The van der Waals surface area contributed by atoms with Gasteiger partial charge in [0, 0.05) is 7.11 Å². The predicted molar refractivity (Wildman–Crippen MR) is 71.2 cm³/mol. The topological polar surface area (TPSA) is 46.5 Å². The molecule has 0 amide bonds. The third-order valence-electron chi connectivity index (χ3n) is 2.75. The monoisotopic (exact) mass is 261 g/mol. The molecule has 92 valence electrons. The molecule has 0 heterocycles. The van der Waals surface area contributed by atoms with Crippen LogP contribution in [0.1, 0.15) is 17.2 Å². The molecule has 0 aliphatic rings. The van der Waals surface area contributed by atoms with Gasteiger partial charge in [0.1, 0.15) is 6.10 Å². The molecule has 4 heteroatoms. The summed E-state index contributed by atoms with van der Waals surface area (Å²) in [6.07, 6.45) is -0.156. The Morgan fingerprint density at radius 1 is 1.00 bits per heavy atom. The molecule has 0 bridgehead atoms. The van der Waals surface area contributed by atoms with Gasteiger partial charge in [-0.25, -0.2) is 0 Å². The zero-order valence-corrected chi connectivity index (χ0v) is 10.9. The minimum atomic E-state index is -2.28. The summed E-state index contributed by atoms with van der Waals surface area (Å²) in [7, 11) is -0.626. The number of ether oxygens (including phenoxy) is 1. The summed E-state index contributed by atoms with van der Waals surface area (Å²) >= 11 is 0. The van der Waals surface area contributed by atoms with Gasteiger partial charge in [-0.15, -0.1) is 0 Å². The Balaban J connectivity index is 2.31. The van der Waals surface area contributed by atoms with Crippen LogP contribution in [0.4, 0.5) is 0 Å². The van der Waals surface area contributed by atoms with Gasteiger partial charge in [-0.1, -0.05) is 42.5 Å². The average molecular weight is 261 g/mol. The molecule has 0 aromatic heterocycles. The highest BCUT2D eigenvalue weighted by Crippen LogP contribution is 2.25. The van der Waals surface area contributed by atoms with Crippen LogP contribution in [-0.4, -0.2) is 12.0 Å². The normalized spacial score (nSPS) is 13.1. The van der Waals surface area contributed by atoms with Crippen LogP contribution in [0.15, 0.2) is 54.6 Å². The van der Waals surface area contributed by atoms with Crippen LogP contribution in [0, 0.1) is 0 Å². The van der Waals surface area contributed by atoms with Crippen molar-refractivity contribution in [1.82, 2.24) is 0 Å². The van der Waals surface area contributed by atoms with E-state index in [1.807, 2.05) is 42.5 Å². The van der Waals surface area contributed by atoms with Gasteiger partial charge in [0.2, 0.25) is 5.30 Å². The molecule has 18 heavy (non-hydrogen) atoms. The molecule has 0 saturated carbocycles. The average Bonchev–Trinajstić information content (AvgIpc) is 2.41. The van der Waals surface area contributed by atoms with Crippen LogP contribution in [-0.2, 0) is 9.30 Å². The first-order chi connectivity index (χ1) is 8.72. The Hall–Kier alpha value is -1.54. The van der Waals surface area contributed by atoms with Gasteiger partial charge < -0.3 is 4.74 Å². The van der Waals surface area contributed by atoms with E-state index in [9.17, 15) is 4.57 Å². The van der Waals surface area contributed by atoms with Gasteiger partial charge >= 0.3 is 8.03 Å². The van der Waals surface area contributed by atoms with Gasteiger partial charge in [-0.2, -0.15) is 4.89 Å². The summed E-state index contributed by atoms with van der Waals surface area (Å²) < 4.78 is 16.4. The number of rotatable bonds is 4. The lowest BCUT2D eigenvalue weighted by atomic mass is 10.0. The molecule has 3 nitrogen and oxygen atoms in total. The zero-order chi connectivity index (χ0) is 13.0. The summed E-state index contributed by atoms with van der Waals surface area (Å²) in [4.78, 5) is 9.01. The standard InChI is InChI=1S/C14H13O3P/c1-17-14(11-5-3-2-4-6-11)12-7-9-13(10-8-12)18(15)16/h2-10,14H,1H3/p+1. The molecule has 2 unspecified atom stereocenters. The molecule has 1 N–H and O–H groups in total. The minimum absolute atomic E-state index is 0.156. The van der Waals surface area contributed by atoms with Crippen molar-refractivity contribution in [2.45, 2.75) is 6.10 Å². The molecule has 0 aliphatic carbocycles. The Labute approximate surface area is 107 Å². The van der Waals surface area contributed by atoms with Crippen LogP contribution in [0.3, 0.4) is 0 Å². The Kier molecular flexibility index (Phi) is 4.21. The summed E-state index contributed by atoms with van der Waals surface area (Å²) in [6, 6.07) is 16.8. The van der Waals surface area contributed by atoms with E-state index in [0.717, 1.165) is 11.1 Å². The lowest BCUT2D eigenvalue weighted by Gasteiger charge is -2.15. The number of hydrogen-bond acceptors (Lipinski definition) is 2. The molecule has 2 atom stereocenters. The molecule has 0 aliphatic heterocycles. The van der Waals surface area contributed by atoms with Crippen molar-refractivity contribution >= 4 is 13.3 Å². The minimum Gasteiger partial charge on any atom is -0.372 e. The highest BCUT2D eigenvalue weighted by Gasteiger charge is 2.18. The first kappa shape index (κ1) is 12.9. The predicted octanol–water partition coefficient (Wildman–Crippen LogP) is 2.78. The first-order valence-corrected chi connectivity index (χ1v) is 6.77. The van der Waals surface area contributed by atoms with Gasteiger partial charge in [-0.05, 0) is 27.8 Å². The van der Waals surface area contributed by atoms with Crippen LogP contribution >= 0.6 is 8.03 Å². The molecule has 2 aromatic carbocycles. The highest BCUT2D eigenvalue weighted by atomic mass is 31.1. The second kappa shape index (κ2) is 5.87. The Morgan fingerprint density at radius 2 is 1.56 bits per heavy atom. The number of benzene rings is 2. The fourth-order valence-corrected chi connectivity index (χ4v) is 2.27. The highest BCUT2D eigenvalue weighted by molar-refractivity contribution is 7.47. The smallest absolute Gasteiger partial charge is 0.372 e. The van der Waals surface area contributed by atoms with Crippen molar-refractivity contribution in [2.75, 3.05) is 7.11 Å². The lowest BCUT2D eigenvalue weighted by molar-refractivity contribution is 0.136.